The highest BCUT2D eigenvalue weighted by molar-refractivity contribution is 7.12. The van der Waals surface area contributed by atoms with Gasteiger partial charge in [-0.3, -0.25) is 9.59 Å². The van der Waals surface area contributed by atoms with Crippen molar-refractivity contribution in [3.05, 3.63) is 33.9 Å². The number of hydrogen-bond acceptors (Lipinski definition) is 7. The van der Waals surface area contributed by atoms with E-state index >= 15 is 0 Å². The van der Waals surface area contributed by atoms with Crippen LogP contribution in [0.25, 0.3) is 0 Å². The summed E-state index contributed by atoms with van der Waals surface area (Å²) in [5.41, 5.74) is 6.77. The number of amides is 1. The number of aromatic nitrogens is 2. The molecule has 1 saturated heterocycles. The van der Waals surface area contributed by atoms with Crippen LogP contribution in [0.5, 0.6) is 0 Å². The highest BCUT2D eigenvalue weighted by Gasteiger charge is 2.28. The Labute approximate surface area is 160 Å². The second kappa shape index (κ2) is 7.91. The van der Waals surface area contributed by atoms with Crippen molar-refractivity contribution in [1.29, 1.82) is 0 Å². The smallest absolute Gasteiger partial charge is 0.360 e. The first-order valence-corrected chi connectivity index (χ1v) is 9.68. The van der Waals surface area contributed by atoms with E-state index in [4.69, 9.17) is 10.5 Å². The van der Waals surface area contributed by atoms with Gasteiger partial charge in [0.25, 0.3) is 5.91 Å². The second-order valence-electron chi connectivity index (χ2n) is 6.39. The molecule has 8 nitrogen and oxygen atoms in total. The molecule has 0 atom stereocenters. The Morgan fingerprint density at radius 2 is 2.04 bits per heavy atom. The molecule has 2 aromatic heterocycles. The Bertz CT molecular complexity index is 865. The molecule has 0 aliphatic carbocycles. The van der Waals surface area contributed by atoms with Gasteiger partial charge in [0, 0.05) is 30.1 Å². The fraction of sp³-hybridized carbons (Fsp3) is 0.444. The summed E-state index contributed by atoms with van der Waals surface area (Å²) in [6.45, 7) is 4.62. The number of ether oxygens (including phenoxy) is 1. The molecule has 2 N–H and O–H groups in total. The predicted octanol–water partition coefficient (Wildman–Crippen LogP) is 2.38. The van der Waals surface area contributed by atoms with Crippen molar-refractivity contribution in [3.8, 4) is 0 Å². The summed E-state index contributed by atoms with van der Waals surface area (Å²) in [4.78, 5) is 42.3. The fourth-order valence-electron chi connectivity index (χ4n) is 3.15. The minimum atomic E-state index is -0.527. The topological polar surface area (TPSA) is 108 Å². The zero-order valence-electron chi connectivity index (χ0n) is 15.3. The third-order valence-corrected chi connectivity index (χ3v) is 5.58. The molecule has 2 aromatic rings. The quantitative estimate of drug-likeness (QED) is 0.620. The van der Waals surface area contributed by atoms with Gasteiger partial charge in [-0.1, -0.05) is 0 Å². The van der Waals surface area contributed by atoms with Crippen molar-refractivity contribution < 1.29 is 19.1 Å². The Morgan fingerprint density at radius 3 is 2.63 bits per heavy atom. The molecular formula is C18H22N4O4S. The molecule has 1 aliphatic rings. The maximum atomic E-state index is 12.6. The molecule has 0 bridgehead atoms. The van der Waals surface area contributed by atoms with Gasteiger partial charge in [-0.2, -0.15) is 0 Å². The van der Waals surface area contributed by atoms with Crippen molar-refractivity contribution >= 4 is 34.8 Å². The zero-order chi connectivity index (χ0) is 19.6. The molecule has 0 radical (unpaired) electrons. The summed E-state index contributed by atoms with van der Waals surface area (Å²) < 4.78 is 6.74. The number of Topliss-reactive ketones (excluding diaryl/α,β-unsaturated/α-hetero) is 1. The summed E-state index contributed by atoms with van der Waals surface area (Å²) >= 11 is 1.29. The number of piperidine rings is 1. The number of ketones is 1. The van der Waals surface area contributed by atoms with Crippen LogP contribution in [-0.2, 0) is 4.74 Å². The summed E-state index contributed by atoms with van der Waals surface area (Å²) in [5.74, 6) is -0.336. The second-order valence-corrected chi connectivity index (χ2v) is 7.30. The number of hydrogen-bond donors (Lipinski definition) is 1. The van der Waals surface area contributed by atoms with E-state index in [1.165, 1.54) is 18.3 Å². The van der Waals surface area contributed by atoms with E-state index in [0.29, 0.717) is 42.2 Å². The Kier molecular flexibility index (Phi) is 5.59. The minimum absolute atomic E-state index is 0.0444. The van der Waals surface area contributed by atoms with E-state index in [-0.39, 0.29) is 30.0 Å². The van der Waals surface area contributed by atoms with Crippen LogP contribution < -0.4 is 5.73 Å². The van der Waals surface area contributed by atoms with Gasteiger partial charge < -0.3 is 19.9 Å². The van der Waals surface area contributed by atoms with Crippen LogP contribution in [0, 0.1) is 0 Å². The van der Waals surface area contributed by atoms with E-state index in [1.54, 1.807) is 34.2 Å². The summed E-state index contributed by atoms with van der Waals surface area (Å²) in [6, 6.07) is 1.72. The molecule has 9 heteroatoms. The molecule has 144 valence electrons. The lowest BCUT2D eigenvalue weighted by atomic mass is 10.0. The molecule has 0 spiro atoms. The van der Waals surface area contributed by atoms with Gasteiger partial charge in [0.05, 0.1) is 17.8 Å². The average molecular weight is 390 g/mol. The number of nitrogens with two attached hydrogens (primary N) is 1. The van der Waals surface area contributed by atoms with Crippen LogP contribution in [0.2, 0.25) is 0 Å². The molecule has 1 amide bonds. The lowest BCUT2D eigenvalue weighted by Gasteiger charge is -2.32. The van der Waals surface area contributed by atoms with Gasteiger partial charge in [-0.05, 0) is 32.8 Å². The van der Waals surface area contributed by atoms with Gasteiger partial charge in [0.15, 0.2) is 11.5 Å². The van der Waals surface area contributed by atoms with E-state index < -0.39 is 5.97 Å². The summed E-state index contributed by atoms with van der Waals surface area (Å²) in [7, 11) is 0. The molecule has 3 heterocycles. The van der Waals surface area contributed by atoms with Crippen molar-refractivity contribution in [2.45, 2.75) is 32.7 Å². The summed E-state index contributed by atoms with van der Waals surface area (Å²) in [6.07, 6.45) is 2.97. The van der Waals surface area contributed by atoms with Gasteiger partial charge in [-0.25, -0.2) is 9.78 Å². The maximum absolute atomic E-state index is 12.6. The lowest BCUT2D eigenvalue weighted by Crippen LogP contribution is -2.38. The number of esters is 1. The van der Waals surface area contributed by atoms with Crippen molar-refractivity contribution in [2.24, 2.45) is 0 Å². The van der Waals surface area contributed by atoms with Crippen molar-refractivity contribution in [3.63, 3.8) is 0 Å². The lowest BCUT2D eigenvalue weighted by molar-refractivity contribution is 0.0521. The first-order valence-electron chi connectivity index (χ1n) is 8.80. The normalized spacial score (nSPS) is 15.0. The molecule has 0 saturated carbocycles. The van der Waals surface area contributed by atoms with E-state index in [0.717, 1.165) is 0 Å². The molecular weight excluding hydrogens is 368 g/mol. The van der Waals surface area contributed by atoms with Crippen molar-refractivity contribution in [1.82, 2.24) is 14.5 Å². The van der Waals surface area contributed by atoms with Crippen molar-refractivity contribution in [2.75, 3.05) is 25.4 Å². The monoisotopic (exact) mass is 390 g/mol. The first-order chi connectivity index (χ1) is 12.9. The van der Waals surface area contributed by atoms with Gasteiger partial charge >= 0.3 is 5.97 Å². The van der Waals surface area contributed by atoms with E-state index in [2.05, 4.69) is 4.98 Å². The number of carbonyl (C=O) groups excluding carboxylic acids is 3. The number of nitrogen functional groups attached to an aromatic ring is 1. The van der Waals surface area contributed by atoms with Crippen LogP contribution in [0.1, 0.15) is 63.2 Å². The zero-order valence-corrected chi connectivity index (χ0v) is 16.1. The van der Waals surface area contributed by atoms with Crippen LogP contribution >= 0.6 is 11.3 Å². The first kappa shape index (κ1) is 19.1. The third-order valence-electron chi connectivity index (χ3n) is 4.66. The summed E-state index contributed by atoms with van der Waals surface area (Å²) in [5, 5.41) is 1.71. The Morgan fingerprint density at radius 1 is 1.33 bits per heavy atom. The molecule has 27 heavy (non-hydrogen) atoms. The predicted molar refractivity (Wildman–Crippen MR) is 101 cm³/mol. The van der Waals surface area contributed by atoms with E-state index in [9.17, 15) is 14.4 Å². The third kappa shape index (κ3) is 3.87. The average Bonchev–Trinajstić information content (AvgIpc) is 3.29. The molecule has 0 unspecified atom stereocenters. The van der Waals surface area contributed by atoms with Gasteiger partial charge in [0.1, 0.15) is 5.82 Å². The number of carbonyl (C=O) groups is 3. The maximum Gasteiger partial charge on any atom is 0.360 e. The van der Waals surface area contributed by atoms with Gasteiger partial charge in [-0.15, -0.1) is 11.3 Å². The molecule has 0 aromatic carbocycles. The molecule has 3 rings (SSSR count). The Hall–Kier alpha value is -2.68. The molecule has 1 aliphatic heterocycles. The van der Waals surface area contributed by atoms with Gasteiger partial charge in [0.2, 0.25) is 0 Å². The number of anilines is 1. The number of nitrogens with zero attached hydrogens (tertiary/aromatic N) is 3. The number of imidazole rings is 1. The fourth-order valence-corrected chi connectivity index (χ4v) is 4.07. The van der Waals surface area contributed by atoms with Crippen LogP contribution in [0.4, 0.5) is 5.82 Å². The minimum Gasteiger partial charge on any atom is -0.461 e. The Balaban J connectivity index is 1.64. The SMILES string of the molecule is CCOC(=O)c1ncn(C2CCN(C(=O)c3cc(C(C)=O)cs3)CC2)c1N. The standard InChI is InChI=1S/C18H22N4O4S/c1-3-26-18(25)15-16(19)22(10-20-15)13-4-6-21(7-5-13)17(24)14-8-12(9-27-14)11(2)23/h8-10,13H,3-7,19H2,1-2H3. The highest BCUT2D eigenvalue weighted by atomic mass is 32.1. The van der Waals surface area contributed by atoms with Crippen LogP contribution in [0.3, 0.4) is 0 Å². The van der Waals surface area contributed by atoms with E-state index in [1.807, 2.05) is 0 Å². The highest BCUT2D eigenvalue weighted by Crippen LogP contribution is 2.28. The number of likely N-dealkylation sites (tertiary alicyclic amines) is 1. The largest absolute Gasteiger partial charge is 0.461 e. The number of rotatable bonds is 5. The van der Waals surface area contributed by atoms with Crippen LogP contribution in [0.15, 0.2) is 17.8 Å². The van der Waals surface area contributed by atoms with Crippen LogP contribution in [-0.4, -0.2) is 51.8 Å². The number of thiophene rings is 1. The molecule has 1 fully saturated rings.